The molecule has 0 bridgehead atoms. The van der Waals surface area contributed by atoms with Crippen molar-refractivity contribution < 1.29 is 8.23 Å². The molecule has 0 aromatic carbocycles. The van der Waals surface area contributed by atoms with Crippen LogP contribution in [0.2, 0.25) is 26.2 Å². The second-order valence-corrected chi connectivity index (χ2v) is 12.0. The lowest BCUT2D eigenvalue weighted by Gasteiger charge is -2.27. The van der Waals surface area contributed by atoms with Crippen molar-refractivity contribution in [2.24, 2.45) is 0 Å². The van der Waals surface area contributed by atoms with E-state index in [1.165, 1.54) is 0 Å². The molecule has 0 radical (unpaired) electrons. The van der Waals surface area contributed by atoms with Crippen molar-refractivity contribution in [1.82, 2.24) is 0 Å². The second-order valence-electron chi connectivity index (χ2n) is 3.52. The molecule has 5 heteroatoms. The van der Waals surface area contributed by atoms with Crippen LogP contribution in [0.5, 0.6) is 0 Å². The Balaban J connectivity index is 4.06. The van der Waals surface area contributed by atoms with Gasteiger partial charge in [0.05, 0.1) is 0 Å². The highest BCUT2D eigenvalue weighted by Gasteiger charge is 2.27. The van der Waals surface area contributed by atoms with Crippen LogP contribution in [-0.4, -0.2) is 26.6 Å². The molecule has 0 aromatic rings. The zero-order valence-electron chi connectivity index (χ0n) is 9.04. The van der Waals surface area contributed by atoms with Gasteiger partial charge in [-0.1, -0.05) is 11.4 Å². The molecule has 2 nitrogen and oxygen atoms in total. The zero-order chi connectivity index (χ0) is 10.5. The van der Waals surface area contributed by atoms with Crippen LogP contribution in [0.25, 0.3) is 0 Å². The molecule has 2 atom stereocenters. The largest absolute Gasteiger partial charge is 0.436 e. The predicted molar refractivity (Wildman–Crippen MR) is 66.1 cm³/mol. The van der Waals surface area contributed by atoms with E-state index < -0.39 is 26.6 Å². The van der Waals surface area contributed by atoms with Gasteiger partial charge in [0.2, 0.25) is 0 Å². The van der Waals surface area contributed by atoms with E-state index in [0.717, 1.165) is 0 Å². The average molecular weight is 233 g/mol. The third kappa shape index (κ3) is 6.17. The Morgan fingerprint density at radius 1 is 1.00 bits per heavy atom. The summed E-state index contributed by atoms with van der Waals surface area (Å²) in [6.07, 6.45) is 0. The Bertz CT molecular complexity index is 164. The van der Waals surface area contributed by atoms with E-state index in [4.69, 9.17) is 8.23 Å². The molecule has 13 heavy (non-hydrogen) atoms. The molecular formula is C8H20O2Si3. The minimum atomic E-state index is -1.89. The molecule has 0 aromatic heterocycles. The molecule has 0 heterocycles. The molecule has 0 aliphatic heterocycles. The third-order valence-electron chi connectivity index (χ3n) is 1.60. The van der Waals surface area contributed by atoms with Gasteiger partial charge in [0.1, 0.15) is 0 Å². The van der Waals surface area contributed by atoms with Crippen molar-refractivity contribution in [1.29, 1.82) is 0 Å². The predicted octanol–water partition coefficient (Wildman–Crippen LogP) is 1.88. The highest BCUT2D eigenvalue weighted by Crippen LogP contribution is 2.10. The van der Waals surface area contributed by atoms with E-state index in [1.807, 2.05) is 11.4 Å². The number of hydrogen-bond acceptors (Lipinski definition) is 2. The van der Waals surface area contributed by atoms with E-state index >= 15 is 0 Å². The standard InChI is InChI=1S/C8H20O2Si3/c1-7-11(3)9-13(5,6)10-12(4)8-2/h7-8,11-12H,1-2H2,3-6H3. The van der Waals surface area contributed by atoms with Crippen molar-refractivity contribution in [3.05, 3.63) is 24.6 Å². The summed E-state index contributed by atoms with van der Waals surface area (Å²) in [6, 6.07) is 0. The van der Waals surface area contributed by atoms with Gasteiger partial charge in [0, 0.05) is 0 Å². The Kier molecular flexibility index (Phi) is 5.73. The first kappa shape index (κ1) is 13.1. The Morgan fingerprint density at radius 3 is 1.54 bits per heavy atom. The summed E-state index contributed by atoms with van der Waals surface area (Å²) in [6.45, 7) is 15.9. The molecule has 2 unspecified atom stereocenters. The molecule has 0 fully saturated rings. The average Bonchev–Trinajstić information content (AvgIpc) is 2.02. The highest BCUT2D eigenvalue weighted by atomic mass is 28.5. The Labute approximate surface area is 86.0 Å². The lowest BCUT2D eigenvalue weighted by molar-refractivity contribution is 0.419. The van der Waals surface area contributed by atoms with Crippen LogP contribution < -0.4 is 0 Å². The van der Waals surface area contributed by atoms with Crippen molar-refractivity contribution in [3.8, 4) is 0 Å². The maximum Gasteiger partial charge on any atom is 0.311 e. The molecule has 0 N–H and O–H groups in total. The smallest absolute Gasteiger partial charge is 0.311 e. The summed E-state index contributed by atoms with van der Waals surface area (Å²) in [5.74, 6) is 0. The first-order valence-corrected chi connectivity index (χ1v) is 11.9. The van der Waals surface area contributed by atoms with Crippen LogP contribution in [0, 0.1) is 0 Å². The summed E-state index contributed by atoms with van der Waals surface area (Å²) in [7, 11) is -4.27. The molecule has 76 valence electrons. The molecular weight excluding hydrogens is 212 g/mol. The molecule has 0 amide bonds. The SMILES string of the molecule is C=C[SiH](C)O[Si](C)(C)O[SiH](C)C=C. The Hall–Kier alpha value is 0.0506. The Morgan fingerprint density at radius 2 is 1.31 bits per heavy atom. The summed E-state index contributed by atoms with van der Waals surface area (Å²) >= 11 is 0. The minimum absolute atomic E-state index is 1.19. The van der Waals surface area contributed by atoms with Gasteiger partial charge in [-0.15, -0.1) is 13.2 Å². The van der Waals surface area contributed by atoms with Gasteiger partial charge in [0.15, 0.2) is 18.1 Å². The van der Waals surface area contributed by atoms with E-state index in [9.17, 15) is 0 Å². The number of rotatable bonds is 6. The van der Waals surface area contributed by atoms with Gasteiger partial charge >= 0.3 is 8.56 Å². The summed E-state index contributed by atoms with van der Waals surface area (Å²) in [4.78, 5) is 0. The molecule has 0 spiro atoms. The van der Waals surface area contributed by atoms with Crippen molar-refractivity contribution in [2.75, 3.05) is 0 Å². The first-order valence-electron chi connectivity index (χ1n) is 4.52. The van der Waals surface area contributed by atoms with Gasteiger partial charge in [0.25, 0.3) is 0 Å². The van der Waals surface area contributed by atoms with Gasteiger partial charge in [-0.05, 0) is 26.2 Å². The lowest BCUT2D eigenvalue weighted by Crippen LogP contribution is -2.42. The van der Waals surface area contributed by atoms with Crippen LogP contribution in [0.4, 0.5) is 0 Å². The topological polar surface area (TPSA) is 18.5 Å². The van der Waals surface area contributed by atoms with Gasteiger partial charge in [-0.2, -0.15) is 0 Å². The molecule has 0 aliphatic rings. The fourth-order valence-corrected chi connectivity index (χ4v) is 9.67. The zero-order valence-corrected chi connectivity index (χ0v) is 12.3. The van der Waals surface area contributed by atoms with Gasteiger partial charge < -0.3 is 8.23 Å². The minimum Gasteiger partial charge on any atom is -0.436 e. The molecule has 0 saturated heterocycles. The highest BCUT2D eigenvalue weighted by molar-refractivity contribution is 6.80. The van der Waals surface area contributed by atoms with Gasteiger partial charge in [-0.25, -0.2) is 0 Å². The lowest BCUT2D eigenvalue weighted by atomic mass is 11.3. The quantitative estimate of drug-likeness (QED) is 0.651. The van der Waals surface area contributed by atoms with Gasteiger partial charge in [-0.3, -0.25) is 0 Å². The fraction of sp³-hybridized carbons (Fsp3) is 0.500. The first-order chi connectivity index (χ1) is 5.91. The van der Waals surface area contributed by atoms with Crippen molar-refractivity contribution >= 4 is 26.6 Å². The number of hydrogen-bond donors (Lipinski definition) is 0. The van der Waals surface area contributed by atoms with E-state index in [2.05, 4.69) is 39.3 Å². The summed E-state index contributed by atoms with van der Waals surface area (Å²) < 4.78 is 11.8. The molecule has 0 rings (SSSR count). The normalized spacial score (nSPS) is 16.3. The summed E-state index contributed by atoms with van der Waals surface area (Å²) in [5, 5.41) is 0. The second kappa shape index (κ2) is 5.71. The molecule has 0 saturated carbocycles. The van der Waals surface area contributed by atoms with E-state index in [1.54, 1.807) is 0 Å². The third-order valence-corrected chi connectivity index (χ3v) is 10.4. The maximum atomic E-state index is 5.88. The van der Waals surface area contributed by atoms with Crippen LogP contribution in [-0.2, 0) is 8.23 Å². The van der Waals surface area contributed by atoms with Crippen molar-refractivity contribution in [3.63, 3.8) is 0 Å². The summed E-state index contributed by atoms with van der Waals surface area (Å²) in [5.41, 5.74) is 3.86. The van der Waals surface area contributed by atoms with E-state index in [0.29, 0.717) is 0 Å². The van der Waals surface area contributed by atoms with E-state index in [-0.39, 0.29) is 0 Å². The van der Waals surface area contributed by atoms with Crippen molar-refractivity contribution in [2.45, 2.75) is 26.2 Å². The van der Waals surface area contributed by atoms with Crippen LogP contribution in [0.1, 0.15) is 0 Å². The monoisotopic (exact) mass is 232 g/mol. The fourth-order valence-electron chi connectivity index (χ4n) is 1.02. The maximum absolute atomic E-state index is 5.88. The molecule has 0 aliphatic carbocycles. The van der Waals surface area contributed by atoms with Crippen LogP contribution in [0.3, 0.4) is 0 Å². The van der Waals surface area contributed by atoms with Crippen LogP contribution >= 0.6 is 0 Å². The van der Waals surface area contributed by atoms with Crippen LogP contribution in [0.15, 0.2) is 24.6 Å².